The molecule has 1 aliphatic rings. The molecule has 0 unspecified atom stereocenters. The van der Waals surface area contributed by atoms with Gasteiger partial charge in [0, 0.05) is 48.7 Å². The van der Waals surface area contributed by atoms with Gasteiger partial charge in [-0.1, -0.05) is 12.1 Å². The fraction of sp³-hybridized carbons (Fsp3) is 0.324. The number of alkyl carbamates (subject to hydrolysis) is 1. The number of hydrogen-bond donors (Lipinski definition) is 3. The van der Waals surface area contributed by atoms with Crippen LogP contribution in [-0.2, 0) is 11.8 Å². The summed E-state index contributed by atoms with van der Waals surface area (Å²) in [6.45, 7) is 4.14. The van der Waals surface area contributed by atoms with Crippen molar-refractivity contribution >= 4 is 45.0 Å². The van der Waals surface area contributed by atoms with E-state index in [0.717, 1.165) is 22.0 Å². The van der Waals surface area contributed by atoms with Crippen molar-refractivity contribution in [2.24, 2.45) is 7.05 Å². The lowest BCUT2D eigenvalue weighted by molar-refractivity contribution is 0.0959. The Balaban J connectivity index is 1.50. The van der Waals surface area contributed by atoms with Gasteiger partial charge in [0.2, 0.25) is 0 Å². The van der Waals surface area contributed by atoms with Crippen molar-refractivity contribution in [2.45, 2.75) is 51.2 Å². The molecule has 0 aliphatic heterocycles. The lowest BCUT2D eigenvalue weighted by Gasteiger charge is -2.15. The number of H-pyrrole nitrogens is 1. The number of carbonyl (C=O) groups is 2. The first-order valence-corrected chi connectivity index (χ1v) is 15.6. The number of amides is 2. The Labute approximate surface area is 268 Å². The molecule has 2 amide bonds. The van der Waals surface area contributed by atoms with Crippen LogP contribution in [-0.4, -0.2) is 61.1 Å². The summed E-state index contributed by atoms with van der Waals surface area (Å²) in [4.78, 5) is 46.3. The minimum Gasteiger partial charge on any atom is -0.453 e. The predicted molar refractivity (Wildman–Crippen MR) is 177 cm³/mol. The Kier molecular flexibility index (Phi) is 7.33. The van der Waals surface area contributed by atoms with Gasteiger partial charge in [0.1, 0.15) is 11.5 Å². The molecule has 6 aromatic rings. The summed E-state index contributed by atoms with van der Waals surface area (Å²) in [5.74, 6) is -1.18. The molecule has 4 aromatic heterocycles. The number of imidazole rings is 1. The minimum atomic E-state index is -0.662. The summed E-state index contributed by atoms with van der Waals surface area (Å²) in [7, 11) is 4.51. The number of nitrogens with one attached hydrogen (secondary N) is 3. The quantitative estimate of drug-likeness (QED) is 0.222. The molecule has 0 saturated heterocycles. The second-order valence-electron chi connectivity index (χ2n) is 12.3. The number of nitrogens with zero attached hydrogens (tertiary/aromatic N) is 5. The summed E-state index contributed by atoms with van der Waals surface area (Å²) in [6.07, 6.45) is 4.91. The van der Waals surface area contributed by atoms with Gasteiger partial charge in [0.15, 0.2) is 0 Å². The Morgan fingerprint density at radius 1 is 1.09 bits per heavy atom. The second kappa shape index (κ2) is 11.4. The first kappa shape index (κ1) is 30.2. The van der Waals surface area contributed by atoms with E-state index in [9.17, 15) is 14.4 Å². The van der Waals surface area contributed by atoms with Crippen molar-refractivity contribution in [2.75, 3.05) is 14.2 Å². The maximum absolute atomic E-state index is 15.4. The molecular formula is C34H35FN8O4. The van der Waals surface area contributed by atoms with E-state index in [1.807, 2.05) is 33.6 Å². The number of pyridine rings is 1. The van der Waals surface area contributed by atoms with Crippen LogP contribution >= 0.6 is 0 Å². The van der Waals surface area contributed by atoms with E-state index in [1.54, 1.807) is 23.9 Å². The maximum Gasteiger partial charge on any atom is 0.407 e. The van der Waals surface area contributed by atoms with Crippen LogP contribution in [0.3, 0.4) is 0 Å². The van der Waals surface area contributed by atoms with E-state index in [0.29, 0.717) is 52.6 Å². The standard InChI is InChI=1S/C34H35FN8O4/c1-17(2)43-25-11-7-18(12-20(25)15-38-43)27-28-30-26(41(4)34(46)42(30)22-9-8-21(14-22)39-33(45)47-5)16-37-31(28)40-29(27)19-6-10-23(24(35)13-19)32(44)36-3/h6-7,10-13,15-17,21-22H,8-9,14H2,1-5H3,(H,36,44)(H,37,40)(H,39,45)/t21-,22-/m1/s1. The van der Waals surface area contributed by atoms with Crippen LogP contribution in [0.4, 0.5) is 9.18 Å². The first-order valence-electron chi connectivity index (χ1n) is 15.6. The van der Waals surface area contributed by atoms with Gasteiger partial charge in [0.05, 0.1) is 52.7 Å². The van der Waals surface area contributed by atoms with Gasteiger partial charge in [0.25, 0.3) is 5.91 Å². The number of hydrogen-bond acceptors (Lipinski definition) is 6. The molecule has 0 bridgehead atoms. The number of carbonyl (C=O) groups excluding carboxylic acids is 2. The van der Waals surface area contributed by atoms with Gasteiger partial charge in [-0.05, 0) is 62.9 Å². The molecule has 12 nitrogen and oxygen atoms in total. The zero-order valence-corrected chi connectivity index (χ0v) is 26.7. The summed E-state index contributed by atoms with van der Waals surface area (Å²) >= 11 is 0. The normalized spacial score (nSPS) is 16.5. The zero-order valence-electron chi connectivity index (χ0n) is 26.7. The number of aromatic amines is 1. The SMILES string of the molecule is CNC(=O)c1ccc(-c2[nH]c3ncc4c(c3c2-c2ccc3c(cnn3C(C)C)c2)n([C@@H]2CC[C@@H](NC(=O)OC)C2)c(=O)n4C)cc1F. The first-order chi connectivity index (χ1) is 22.6. The maximum atomic E-state index is 15.4. The molecule has 7 rings (SSSR count). The third-order valence-electron chi connectivity index (χ3n) is 9.25. The smallest absolute Gasteiger partial charge is 0.407 e. The molecule has 0 spiro atoms. The Bertz CT molecular complexity index is 2280. The number of methoxy groups -OCH3 is 1. The van der Waals surface area contributed by atoms with Crippen molar-refractivity contribution in [3.05, 3.63) is 70.7 Å². The number of aromatic nitrogens is 6. The summed E-state index contributed by atoms with van der Waals surface area (Å²) < 4.78 is 25.6. The topological polar surface area (TPSA) is 141 Å². The van der Waals surface area contributed by atoms with Crippen molar-refractivity contribution in [1.29, 1.82) is 0 Å². The summed E-state index contributed by atoms with van der Waals surface area (Å²) in [6, 6.07) is 10.4. The largest absolute Gasteiger partial charge is 0.453 e. The summed E-state index contributed by atoms with van der Waals surface area (Å²) in [5.41, 5.74) is 5.26. The van der Waals surface area contributed by atoms with Crippen LogP contribution in [0.15, 0.2) is 53.6 Å². The lowest BCUT2D eigenvalue weighted by atomic mass is 9.96. The molecule has 2 aromatic carbocycles. The number of aryl methyl sites for hydroxylation is 1. The predicted octanol–water partition coefficient (Wildman–Crippen LogP) is 5.43. The van der Waals surface area contributed by atoms with Crippen LogP contribution in [0.1, 0.15) is 55.6 Å². The van der Waals surface area contributed by atoms with Crippen LogP contribution in [0.5, 0.6) is 0 Å². The van der Waals surface area contributed by atoms with Gasteiger partial charge in [-0.15, -0.1) is 0 Å². The van der Waals surface area contributed by atoms with Crippen LogP contribution < -0.4 is 16.3 Å². The van der Waals surface area contributed by atoms with Crippen LogP contribution in [0.2, 0.25) is 0 Å². The molecule has 1 fully saturated rings. The highest BCUT2D eigenvalue weighted by Crippen LogP contribution is 2.43. The average molecular weight is 639 g/mol. The summed E-state index contributed by atoms with van der Waals surface area (Å²) in [5, 5.41) is 11.6. The Hall–Kier alpha value is -5.46. The fourth-order valence-corrected chi connectivity index (χ4v) is 6.98. The Morgan fingerprint density at radius 3 is 2.60 bits per heavy atom. The molecule has 0 radical (unpaired) electrons. The lowest BCUT2D eigenvalue weighted by Crippen LogP contribution is -2.33. The van der Waals surface area contributed by atoms with Crippen molar-refractivity contribution < 1.29 is 18.7 Å². The van der Waals surface area contributed by atoms with Gasteiger partial charge in [-0.25, -0.2) is 19.0 Å². The molecule has 2 atom stereocenters. The fourth-order valence-electron chi connectivity index (χ4n) is 6.98. The van der Waals surface area contributed by atoms with E-state index in [2.05, 4.69) is 34.6 Å². The van der Waals surface area contributed by atoms with Gasteiger partial charge >= 0.3 is 11.8 Å². The number of ether oxygens (including phenoxy) is 1. The van der Waals surface area contributed by atoms with Crippen molar-refractivity contribution in [3.8, 4) is 22.4 Å². The average Bonchev–Trinajstić information content (AvgIpc) is 3.84. The van der Waals surface area contributed by atoms with Gasteiger partial charge in [-0.3, -0.25) is 18.6 Å². The van der Waals surface area contributed by atoms with Crippen molar-refractivity contribution in [1.82, 2.24) is 39.5 Å². The molecule has 13 heteroatoms. The van der Waals surface area contributed by atoms with E-state index < -0.39 is 17.8 Å². The molecule has 242 valence electrons. The van der Waals surface area contributed by atoms with Gasteiger partial charge < -0.3 is 20.4 Å². The van der Waals surface area contributed by atoms with Gasteiger partial charge in [-0.2, -0.15) is 5.10 Å². The molecule has 1 aliphatic carbocycles. The number of fused-ring (bicyclic) bond motifs is 4. The van der Waals surface area contributed by atoms with Crippen LogP contribution in [0.25, 0.3) is 55.4 Å². The highest BCUT2D eigenvalue weighted by atomic mass is 19.1. The van der Waals surface area contributed by atoms with Crippen LogP contribution in [0, 0.1) is 5.82 Å². The van der Waals surface area contributed by atoms with Crippen molar-refractivity contribution in [3.63, 3.8) is 0 Å². The molecule has 4 heterocycles. The molecule has 47 heavy (non-hydrogen) atoms. The minimum absolute atomic E-state index is 0.0646. The highest BCUT2D eigenvalue weighted by molar-refractivity contribution is 6.15. The third kappa shape index (κ3) is 4.84. The number of benzene rings is 2. The monoisotopic (exact) mass is 638 g/mol. The second-order valence-corrected chi connectivity index (χ2v) is 12.3. The van der Waals surface area contributed by atoms with E-state index in [1.165, 1.54) is 26.3 Å². The number of rotatable bonds is 6. The van der Waals surface area contributed by atoms with E-state index in [-0.39, 0.29) is 29.4 Å². The third-order valence-corrected chi connectivity index (χ3v) is 9.25. The number of halogens is 1. The molecule has 3 N–H and O–H groups in total. The zero-order chi connectivity index (χ0) is 33.1. The molecule has 1 saturated carbocycles. The van der Waals surface area contributed by atoms with E-state index in [4.69, 9.17) is 9.72 Å². The molecular weight excluding hydrogens is 603 g/mol. The Morgan fingerprint density at radius 2 is 1.87 bits per heavy atom. The van der Waals surface area contributed by atoms with E-state index >= 15 is 4.39 Å². The highest BCUT2D eigenvalue weighted by Gasteiger charge is 2.32.